The summed E-state index contributed by atoms with van der Waals surface area (Å²) in [5, 5.41) is 12.1. The lowest BCUT2D eigenvalue weighted by molar-refractivity contribution is 0.0947. The fraction of sp³-hybridized carbons (Fsp3) is 0.381. The topological polar surface area (TPSA) is 36.4 Å². The molecule has 0 amide bonds. The third-order valence-corrected chi connectivity index (χ3v) is 6.29. The Hall–Kier alpha value is -1.39. The highest BCUT2D eigenvalue weighted by molar-refractivity contribution is 6.31. The van der Waals surface area contributed by atoms with Crippen LogP contribution in [0.15, 0.2) is 35.9 Å². The maximum absolute atomic E-state index is 10.7. The molecule has 1 aliphatic carbocycles. The summed E-state index contributed by atoms with van der Waals surface area (Å²) in [6.45, 7) is 5.59. The molecular weight excluding hydrogens is 367 g/mol. The van der Waals surface area contributed by atoms with Crippen molar-refractivity contribution in [2.45, 2.75) is 38.8 Å². The van der Waals surface area contributed by atoms with Crippen LogP contribution in [-0.2, 0) is 6.42 Å². The molecule has 2 heterocycles. The van der Waals surface area contributed by atoms with Gasteiger partial charge in [0.2, 0.25) is 0 Å². The second-order valence-corrected chi connectivity index (χ2v) is 8.07. The van der Waals surface area contributed by atoms with E-state index in [1.165, 1.54) is 22.3 Å². The molecule has 1 aliphatic heterocycles. The van der Waals surface area contributed by atoms with E-state index in [9.17, 15) is 5.11 Å². The zero-order valence-corrected chi connectivity index (χ0v) is 16.5. The zero-order valence-electron chi connectivity index (χ0n) is 15.0. The molecule has 0 radical (unpaired) electrons. The zero-order chi connectivity index (χ0) is 18.4. The predicted molar refractivity (Wildman–Crippen MR) is 107 cm³/mol. The number of halogens is 2. The summed E-state index contributed by atoms with van der Waals surface area (Å²) in [7, 11) is 0. The molecule has 2 aromatic rings. The van der Waals surface area contributed by atoms with Gasteiger partial charge < -0.3 is 5.11 Å². The van der Waals surface area contributed by atoms with Crippen LogP contribution in [0.2, 0.25) is 10.0 Å². The number of pyridine rings is 1. The first kappa shape index (κ1) is 18.0. The van der Waals surface area contributed by atoms with Gasteiger partial charge in [-0.15, -0.1) is 0 Å². The molecule has 2 atom stereocenters. The minimum absolute atomic E-state index is 0.299. The van der Waals surface area contributed by atoms with Gasteiger partial charge in [-0.05, 0) is 73.2 Å². The average molecular weight is 389 g/mol. The van der Waals surface area contributed by atoms with E-state index in [2.05, 4.69) is 28.9 Å². The van der Waals surface area contributed by atoms with Gasteiger partial charge in [-0.3, -0.25) is 9.88 Å². The summed E-state index contributed by atoms with van der Waals surface area (Å²) in [5.41, 5.74) is 7.02. The van der Waals surface area contributed by atoms with Crippen molar-refractivity contribution in [3.63, 3.8) is 0 Å². The standard InChI is InChI=1S/C21H22Cl2N2O/c1-12-19(23)5-6-20(24-12)21(26)11-25-8-7-16-17(13(25)2)9-14-3-4-15(22)10-18(14)16/h3-6,10,13,21,26H,7-9,11H2,1-2H3. The molecule has 1 N–H and O–H groups in total. The second-order valence-electron chi connectivity index (χ2n) is 7.22. The van der Waals surface area contributed by atoms with Crippen LogP contribution in [0.25, 0.3) is 5.57 Å². The quantitative estimate of drug-likeness (QED) is 0.817. The molecule has 0 spiro atoms. The van der Waals surface area contributed by atoms with Gasteiger partial charge in [0.25, 0.3) is 0 Å². The van der Waals surface area contributed by atoms with Gasteiger partial charge in [0.05, 0.1) is 16.4 Å². The number of nitrogens with zero attached hydrogens (tertiary/aromatic N) is 2. The monoisotopic (exact) mass is 388 g/mol. The summed E-state index contributed by atoms with van der Waals surface area (Å²) < 4.78 is 0. The molecule has 2 aliphatic rings. The Labute approximate surface area is 164 Å². The normalized spacial score (nSPS) is 20.9. The number of hydrogen-bond donors (Lipinski definition) is 1. The fourth-order valence-corrected chi connectivity index (χ4v) is 4.42. The van der Waals surface area contributed by atoms with Crippen molar-refractivity contribution in [3.05, 3.63) is 68.5 Å². The van der Waals surface area contributed by atoms with Gasteiger partial charge in [0.1, 0.15) is 6.10 Å². The van der Waals surface area contributed by atoms with Crippen LogP contribution in [0.5, 0.6) is 0 Å². The first-order chi connectivity index (χ1) is 12.4. The van der Waals surface area contributed by atoms with E-state index in [4.69, 9.17) is 23.2 Å². The maximum Gasteiger partial charge on any atom is 0.109 e. The van der Waals surface area contributed by atoms with Crippen molar-refractivity contribution in [3.8, 4) is 0 Å². The number of aryl methyl sites for hydroxylation is 1. The molecule has 3 nitrogen and oxygen atoms in total. The third-order valence-electron chi connectivity index (χ3n) is 5.66. The first-order valence-electron chi connectivity index (χ1n) is 9.00. The molecule has 4 rings (SSSR count). The minimum Gasteiger partial charge on any atom is -0.385 e. The number of benzene rings is 1. The van der Waals surface area contributed by atoms with Crippen molar-refractivity contribution < 1.29 is 5.11 Å². The molecule has 5 heteroatoms. The Morgan fingerprint density at radius 2 is 2.08 bits per heavy atom. The third kappa shape index (κ3) is 3.18. The molecule has 0 fully saturated rings. The number of aliphatic hydroxyl groups excluding tert-OH is 1. The number of aliphatic hydroxyl groups is 1. The SMILES string of the molecule is Cc1nc(C(O)CN2CCC3=C(Cc4ccc(Cl)cc43)C2C)ccc1Cl. The Bertz CT molecular complexity index is 894. The smallest absolute Gasteiger partial charge is 0.109 e. The molecule has 1 aromatic carbocycles. The maximum atomic E-state index is 10.7. The summed E-state index contributed by atoms with van der Waals surface area (Å²) in [5.74, 6) is 0. The molecular formula is C21H22Cl2N2O. The van der Waals surface area contributed by atoms with Crippen molar-refractivity contribution in [1.29, 1.82) is 0 Å². The highest BCUT2D eigenvalue weighted by Gasteiger charge is 2.33. The number of aromatic nitrogens is 1. The molecule has 2 unspecified atom stereocenters. The average Bonchev–Trinajstić information content (AvgIpc) is 2.98. The van der Waals surface area contributed by atoms with Crippen molar-refractivity contribution in [2.75, 3.05) is 13.1 Å². The van der Waals surface area contributed by atoms with Crippen LogP contribution < -0.4 is 0 Å². The van der Waals surface area contributed by atoms with Crippen LogP contribution in [-0.4, -0.2) is 34.1 Å². The van der Waals surface area contributed by atoms with Crippen LogP contribution >= 0.6 is 23.2 Å². The predicted octanol–water partition coefficient (Wildman–Crippen LogP) is 4.83. The number of β-amino-alcohol motifs (C(OH)–C–C–N with tert-alkyl or cyclic N) is 1. The second kappa shape index (κ2) is 6.97. The lowest BCUT2D eigenvalue weighted by atomic mass is 9.93. The Morgan fingerprint density at radius 3 is 2.85 bits per heavy atom. The molecule has 0 saturated carbocycles. The van der Waals surface area contributed by atoms with Crippen molar-refractivity contribution in [1.82, 2.24) is 9.88 Å². The molecule has 0 bridgehead atoms. The number of hydrogen-bond acceptors (Lipinski definition) is 3. The summed E-state index contributed by atoms with van der Waals surface area (Å²) in [4.78, 5) is 6.79. The number of rotatable bonds is 3. The first-order valence-corrected chi connectivity index (χ1v) is 9.75. The summed E-state index contributed by atoms with van der Waals surface area (Å²) >= 11 is 12.2. The van der Waals surface area contributed by atoms with Gasteiger partial charge in [-0.2, -0.15) is 0 Å². The van der Waals surface area contributed by atoms with E-state index in [1.54, 1.807) is 6.07 Å². The lowest BCUT2D eigenvalue weighted by Crippen LogP contribution is -2.41. The van der Waals surface area contributed by atoms with E-state index in [-0.39, 0.29) is 0 Å². The van der Waals surface area contributed by atoms with Crippen LogP contribution in [0.4, 0.5) is 0 Å². The minimum atomic E-state index is -0.617. The van der Waals surface area contributed by atoms with Crippen molar-refractivity contribution >= 4 is 28.8 Å². The Kier molecular flexibility index (Phi) is 4.83. The fourth-order valence-electron chi connectivity index (χ4n) is 4.15. The largest absolute Gasteiger partial charge is 0.385 e. The summed E-state index contributed by atoms with van der Waals surface area (Å²) in [6, 6.07) is 10.1. The van der Waals surface area contributed by atoms with E-state index < -0.39 is 6.10 Å². The van der Waals surface area contributed by atoms with Crippen LogP contribution in [0.3, 0.4) is 0 Å². The van der Waals surface area contributed by atoms with E-state index >= 15 is 0 Å². The van der Waals surface area contributed by atoms with Gasteiger partial charge in [0.15, 0.2) is 0 Å². The number of fused-ring (bicyclic) bond motifs is 2. The molecule has 0 saturated heterocycles. The molecule has 136 valence electrons. The molecule has 1 aromatic heterocycles. The van der Waals surface area contributed by atoms with E-state index in [0.717, 1.165) is 30.1 Å². The van der Waals surface area contributed by atoms with Gasteiger partial charge in [-0.1, -0.05) is 29.3 Å². The van der Waals surface area contributed by atoms with Crippen LogP contribution in [0.1, 0.15) is 42.0 Å². The highest BCUT2D eigenvalue weighted by atomic mass is 35.5. The Balaban J connectivity index is 1.52. The van der Waals surface area contributed by atoms with Gasteiger partial charge >= 0.3 is 0 Å². The van der Waals surface area contributed by atoms with Gasteiger partial charge in [0, 0.05) is 24.2 Å². The Morgan fingerprint density at radius 1 is 1.27 bits per heavy atom. The van der Waals surface area contributed by atoms with E-state index in [0.29, 0.717) is 23.3 Å². The van der Waals surface area contributed by atoms with Gasteiger partial charge in [-0.25, -0.2) is 0 Å². The van der Waals surface area contributed by atoms with E-state index in [1.807, 2.05) is 19.1 Å². The van der Waals surface area contributed by atoms with Crippen molar-refractivity contribution in [2.24, 2.45) is 0 Å². The summed E-state index contributed by atoms with van der Waals surface area (Å²) in [6.07, 6.45) is 1.36. The molecule has 26 heavy (non-hydrogen) atoms. The van der Waals surface area contributed by atoms with Crippen LogP contribution in [0, 0.1) is 6.92 Å². The lowest BCUT2D eigenvalue weighted by Gasteiger charge is -2.36. The highest BCUT2D eigenvalue weighted by Crippen LogP contribution is 2.42.